The first-order valence-corrected chi connectivity index (χ1v) is 8.07. The summed E-state index contributed by atoms with van der Waals surface area (Å²) in [5, 5.41) is 0.862. The fourth-order valence-electron chi connectivity index (χ4n) is 2.48. The van der Waals surface area contributed by atoms with Crippen molar-refractivity contribution >= 4 is 34.8 Å². The quantitative estimate of drug-likeness (QED) is 0.594. The van der Waals surface area contributed by atoms with Crippen molar-refractivity contribution in [2.45, 2.75) is 0 Å². The van der Waals surface area contributed by atoms with E-state index in [0.29, 0.717) is 10.6 Å². The normalized spacial score (nSPS) is 10.5. The molecule has 0 N–H and O–H groups in total. The van der Waals surface area contributed by atoms with E-state index in [2.05, 4.69) is 4.98 Å². The molecule has 24 heavy (non-hydrogen) atoms. The molecule has 1 amide bonds. The summed E-state index contributed by atoms with van der Waals surface area (Å²) < 4.78 is 0. The second kappa shape index (κ2) is 7.04. The zero-order valence-electron chi connectivity index (χ0n) is 12.9. The minimum Gasteiger partial charge on any atom is -0.311 e. The maximum Gasteiger partial charge on any atom is 0.261 e. The van der Waals surface area contributed by atoms with E-state index in [-0.39, 0.29) is 11.1 Å². The van der Waals surface area contributed by atoms with Gasteiger partial charge in [-0.2, -0.15) is 0 Å². The molecule has 2 aromatic carbocycles. The highest BCUT2D eigenvalue weighted by atomic mass is 35.5. The zero-order valence-corrected chi connectivity index (χ0v) is 14.4. The molecule has 0 saturated carbocycles. The molecule has 3 rings (SSSR count). The van der Waals surface area contributed by atoms with Crippen LogP contribution in [0.15, 0.2) is 66.9 Å². The van der Waals surface area contributed by atoms with Gasteiger partial charge < -0.3 is 4.90 Å². The van der Waals surface area contributed by atoms with E-state index in [4.69, 9.17) is 23.2 Å². The molecule has 1 heterocycles. The maximum absolute atomic E-state index is 12.8. The second-order valence-electron chi connectivity index (χ2n) is 5.23. The van der Waals surface area contributed by atoms with Crippen LogP contribution in [0.2, 0.25) is 10.2 Å². The molecule has 0 saturated heterocycles. The van der Waals surface area contributed by atoms with Crippen LogP contribution >= 0.6 is 23.2 Å². The van der Waals surface area contributed by atoms with Crippen LogP contribution in [-0.2, 0) is 0 Å². The van der Waals surface area contributed by atoms with Crippen LogP contribution in [0.3, 0.4) is 0 Å². The first-order chi connectivity index (χ1) is 11.6. The Morgan fingerprint density at radius 1 is 0.958 bits per heavy atom. The maximum atomic E-state index is 12.8. The lowest BCUT2D eigenvalue weighted by Crippen LogP contribution is -2.27. The highest BCUT2D eigenvalue weighted by molar-refractivity contribution is 6.33. The van der Waals surface area contributed by atoms with Crippen LogP contribution in [0, 0.1) is 0 Å². The molecule has 5 heteroatoms. The van der Waals surface area contributed by atoms with Crippen molar-refractivity contribution in [3.63, 3.8) is 0 Å². The van der Waals surface area contributed by atoms with Crippen molar-refractivity contribution in [1.29, 1.82) is 0 Å². The molecule has 0 unspecified atom stereocenters. The molecular formula is C19H14Cl2N2O. The number of carbonyl (C=O) groups excluding carboxylic acids is 1. The van der Waals surface area contributed by atoms with E-state index in [9.17, 15) is 4.79 Å². The average molecular weight is 357 g/mol. The van der Waals surface area contributed by atoms with E-state index in [1.165, 1.54) is 0 Å². The molecule has 0 aliphatic carbocycles. The molecule has 0 aliphatic heterocycles. The van der Waals surface area contributed by atoms with E-state index in [1.807, 2.05) is 48.5 Å². The molecular weight excluding hydrogens is 343 g/mol. The molecule has 3 aromatic rings. The van der Waals surface area contributed by atoms with Gasteiger partial charge in [-0.1, -0.05) is 53.5 Å². The molecule has 3 nitrogen and oxygen atoms in total. The summed E-state index contributed by atoms with van der Waals surface area (Å²) in [5.74, 6) is -0.213. The topological polar surface area (TPSA) is 33.2 Å². The number of pyridine rings is 1. The number of aromatic nitrogens is 1. The van der Waals surface area contributed by atoms with Crippen molar-refractivity contribution in [1.82, 2.24) is 4.98 Å². The van der Waals surface area contributed by atoms with E-state index in [1.54, 1.807) is 30.3 Å². The highest BCUT2D eigenvalue weighted by Crippen LogP contribution is 2.32. The van der Waals surface area contributed by atoms with Gasteiger partial charge in [-0.05, 0) is 35.9 Å². The summed E-state index contributed by atoms with van der Waals surface area (Å²) >= 11 is 12.0. The summed E-state index contributed by atoms with van der Waals surface area (Å²) in [6, 6.07) is 18.6. The van der Waals surface area contributed by atoms with Crippen LogP contribution in [-0.4, -0.2) is 17.9 Å². The highest BCUT2D eigenvalue weighted by Gasteiger charge is 2.19. The molecule has 0 bridgehead atoms. The zero-order chi connectivity index (χ0) is 17.1. The van der Waals surface area contributed by atoms with Crippen molar-refractivity contribution < 1.29 is 4.79 Å². The van der Waals surface area contributed by atoms with Gasteiger partial charge in [-0.15, -0.1) is 0 Å². The van der Waals surface area contributed by atoms with Crippen LogP contribution in [0.5, 0.6) is 0 Å². The Balaban J connectivity index is 2.02. The molecule has 0 spiro atoms. The third kappa shape index (κ3) is 3.28. The smallest absolute Gasteiger partial charge is 0.261 e. The van der Waals surface area contributed by atoms with Gasteiger partial charge in [-0.3, -0.25) is 4.79 Å². The standard InChI is InChI=1S/C19H14Cl2N2O/c1-23(19(24)16-6-4-12-22-18(16)21)17-7-3-2-5-15(17)13-8-10-14(20)11-9-13/h2-12H,1H3. The Morgan fingerprint density at radius 3 is 2.38 bits per heavy atom. The predicted molar refractivity (Wildman–Crippen MR) is 98.9 cm³/mol. The van der Waals surface area contributed by atoms with Gasteiger partial charge in [0.05, 0.1) is 11.3 Å². The van der Waals surface area contributed by atoms with Crippen molar-refractivity contribution in [2.75, 3.05) is 11.9 Å². The number of anilines is 1. The Hall–Kier alpha value is -2.36. The van der Waals surface area contributed by atoms with E-state index in [0.717, 1.165) is 16.8 Å². The average Bonchev–Trinajstić information content (AvgIpc) is 2.62. The number of carbonyl (C=O) groups is 1. The molecule has 120 valence electrons. The second-order valence-corrected chi connectivity index (χ2v) is 6.02. The third-order valence-electron chi connectivity index (χ3n) is 3.71. The Bertz CT molecular complexity index is 879. The Labute approximate surface area is 150 Å². The van der Waals surface area contributed by atoms with Gasteiger partial charge in [0.2, 0.25) is 0 Å². The van der Waals surface area contributed by atoms with Crippen molar-refractivity contribution in [3.05, 3.63) is 82.6 Å². The number of halogens is 2. The number of rotatable bonds is 3. The molecule has 0 radical (unpaired) electrons. The number of hydrogen-bond acceptors (Lipinski definition) is 2. The fraction of sp³-hybridized carbons (Fsp3) is 0.0526. The Morgan fingerprint density at radius 2 is 1.67 bits per heavy atom. The van der Waals surface area contributed by atoms with Gasteiger partial charge >= 0.3 is 0 Å². The van der Waals surface area contributed by atoms with Crippen LogP contribution in [0.1, 0.15) is 10.4 Å². The fourth-order valence-corrected chi connectivity index (χ4v) is 2.80. The summed E-state index contributed by atoms with van der Waals surface area (Å²) in [4.78, 5) is 18.3. The first kappa shape index (κ1) is 16.5. The minimum atomic E-state index is -0.213. The van der Waals surface area contributed by atoms with E-state index < -0.39 is 0 Å². The van der Waals surface area contributed by atoms with Gasteiger partial charge in [0.15, 0.2) is 0 Å². The monoisotopic (exact) mass is 356 g/mol. The predicted octanol–water partition coefficient (Wildman–Crippen LogP) is 5.33. The lowest BCUT2D eigenvalue weighted by molar-refractivity contribution is 0.0993. The number of para-hydroxylation sites is 1. The molecule has 0 atom stereocenters. The SMILES string of the molecule is CN(C(=O)c1cccnc1Cl)c1ccccc1-c1ccc(Cl)cc1. The lowest BCUT2D eigenvalue weighted by atomic mass is 10.0. The Kier molecular flexibility index (Phi) is 4.84. The van der Waals surface area contributed by atoms with Gasteiger partial charge in [-0.25, -0.2) is 4.98 Å². The summed E-state index contributed by atoms with van der Waals surface area (Å²) in [6.07, 6.45) is 1.56. The van der Waals surface area contributed by atoms with Gasteiger partial charge in [0, 0.05) is 23.8 Å². The number of benzene rings is 2. The number of nitrogens with zero attached hydrogens (tertiary/aromatic N) is 2. The van der Waals surface area contributed by atoms with Crippen LogP contribution in [0.4, 0.5) is 5.69 Å². The molecule has 0 fully saturated rings. The summed E-state index contributed by atoms with van der Waals surface area (Å²) in [7, 11) is 1.72. The number of hydrogen-bond donors (Lipinski definition) is 0. The lowest BCUT2D eigenvalue weighted by Gasteiger charge is -2.21. The van der Waals surface area contributed by atoms with Gasteiger partial charge in [0.1, 0.15) is 5.15 Å². The molecule has 0 aliphatic rings. The van der Waals surface area contributed by atoms with Crippen LogP contribution < -0.4 is 4.90 Å². The van der Waals surface area contributed by atoms with Crippen LogP contribution in [0.25, 0.3) is 11.1 Å². The number of amides is 1. The largest absolute Gasteiger partial charge is 0.311 e. The molecule has 1 aromatic heterocycles. The van der Waals surface area contributed by atoms with Crippen molar-refractivity contribution in [2.24, 2.45) is 0 Å². The van der Waals surface area contributed by atoms with Gasteiger partial charge in [0.25, 0.3) is 5.91 Å². The van der Waals surface area contributed by atoms with Crippen molar-refractivity contribution in [3.8, 4) is 11.1 Å². The summed E-state index contributed by atoms with van der Waals surface area (Å²) in [6.45, 7) is 0. The van der Waals surface area contributed by atoms with E-state index >= 15 is 0 Å². The summed E-state index contributed by atoms with van der Waals surface area (Å²) in [5.41, 5.74) is 3.06. The first-order valence-electron chi connectivity index (χ1n) is 7.31. The minimum absolute atomic E-state index is 0.193. The third-order valence-corrected chi connectivity index (χ3v) is 4.27.